The van der Waals surface area contributed by atoms with Gasteiger partial charge in [0, 0.05) is 18.3 Å². The summed E-state index contributed by atoms with van der Waals surface area (Å²) in [6, 6.07) is 0. The Morgan fingerprint density at radius 3 is 2.69 bits per heavy atom. The zero-order valence-electron chi connectivity index (χ0n) is 10.2. The average Bonchev–Trinajstić information content (AvgIpc) is 2.49. The molecule has 0 radical (unpaired) electrons. The molecule has 0 aliphatic carbocycles. The summed E-state index contributed by atoms with van der Waals surface area (Å²) in [6.07, 6.45) is 5.10. The Labute approximate surface area is 96.0 Å². The molecule has 0 saturated heterocycles. The van der Waals surface area contributed by atoms with Crippen LogP contribution in [0.1, 0.15) is 29.8 Å². The first-order valence-electron chi connectivity index (χ1n) is 5.20. The molecule has 0 spiro atoms. The molecule has 1 aromatic rings. The van der Waals surface area contributed by atoms with Crippen molar-refractivity contribution in [3.63, 3.8) is 0 Å². The minimum absolute atomic E-state index is 0.0582. The van der Waals surface area contributed by atoms with E-state index in [1.165, 1.54) is 0 Å². The maximum atomic E-state index is 11.8. The molecule has 4 heteroatoms. The lowest BCUT2D eigenvalue weighted by atomic mass is 9.98. The zero-order chi connectivity index (χ0) is 12.3. The summed E-state index contributed by atoms with van der Waals surface area (Å²) in [6.45, 7) is 6.00. The summed E-state index contributed by atoms with van der Waals surface area (Å²) in [5.41, 5.74) is 2.89. The fraction of sp³-hybridized carbons (Fsp3) is 0.500. The normalized spacial score (nSPS) is 11.9. The summed E-state index contributed by atoms with van der Waals surface area (Å²) in [7, 11) is 1.87. The number of amides is 1. The van der Waals surface area contributed by atoms with Crippen molar-refractivity contribution >= 4 is 5.91 Å². The van der Waals surface area contributed by atoms with Gasteiger partial charge in [0.05, 0.1) is 18.2 Å². The van der Waals surface area contributed by atoms with Gasteiger partial charge < -0.3 is 5.32 Å². The number of carbonyl (C=O) groups excluding carboxylic acids is 1. The average molecular weight is 219 g/mol. The van der Waals surface area contributed by atoms with Crippen molar-refractivity contribution < 1.29 is 4.79 Å². The molecule has 0 unspecified atom stereocenters. The Morgan fingerprint density at radius 1 is 1.62 bits per heavy atom. The van der Waals surface area contributed by atoms with E-state index in [9.17, 15) is 4.79 Å². The van der Waals surface area contributed by atoms with Crippen molar-refractivity contribution in [3.05, 3.63) is 17.0 Å². The van der Waals surface area contributed by atoms with Crippen LogP contribution in [0.2, 0.25) is 0 Å². The molecule has 0 aliphatic heterocycles. The number of carbonyl (C=O) groups is 1. The van der Waals surface area contributed by atoms with E-state index in [1.54, 1.807) is 4.68 Å². The van der Waals surface area contributed by atoms with Crippen molar-refractivity contribution in [2.45, 2.75) is 26.7 Å². The predicted octanol–water partition coefficient (Wildman–Crippen LogP) is 0.890. The molecule has 0 aliphatic rings. The molecule has 0 saturated carbocycles. The van der Waals surface area contributed by atoms with E-state index in [2.05, 4.69) is 16.3 Å². The first-order chi connectivity index (χ1) is 7.49. The van der Waals surface area contributed by atoms with Gasteiger partial charge in [-0.2, -0.15) is 5.10 Å². The number of terminal acetylenes is 1. The Morgan fingerprint density at radius 2 is 2.25 bits per heavy atom. The second-order valence-corrected chi connectivity index (χ2v) is 3.85. The van der Waals surface area contributed by atoms with Crippen molar-refractivity contribution in [3.8, 4) is 12.3 Å². The van der Waals surface area contributed by atoms with Gasteiger partial charge in [-0.05, 0) is 20.8 Å². The highest BCUT2D eigenvalue weighted by atomic mass is 16.1. The van der Waals surface area contributed by atoms with Crippen molar-refractivity contribution in [1.29, 1.82) is 0 Å². The summed E-state index contributed by atoms with van der Waals surface area (Å²) in [5, 5.41) is 6.97. The van der Waals surface area contributed by atoms with Crippen LogP contribution in [0.25, 0.3) is 0 Å². The van der Waals surface area contributed by atoms with Crippen molar-refractivity contribution in [2.24, 2.45) is 7.05 Å². The van der Waals surface area contributed by atoms with E-state index in [4.69, 9.17) is 6.42 Å². The molecule has 0 aromatic carbocycles. The number of aromatic nitrogens is 2. The Kier molecular flexibility index (Phi) is 3.73. The van der Waals surface area contributed by atoms with Crippen LogP contribution in [0.15, 0.2) is 0 Å². The number of nitrogens with one attached hydrogen (secondary N) is 1. The van der Waals surface area contributed by atoms with E-state index >= 15 is 0 Å². The fourth-order valence-corrected chi connectivity index (χ4v) is 1.84. The molecule has 1 rings (SSSR count). The smallest absolute Gasteiger partial charge is 0.228 e. The lowest BCUT2D eigenvalue weighted by Crippen LogP contribution is -2.28. The molecular formula is C12H17N3O. The molecule has 16 heavy (non-hydrogen) atoms. The molecule has 86 valence electrons. The van der Waals surface area contributed by atoms with Gasteiger partial charge >= 0.3 is 0 Å². The summed E-state index contributed by atoms with van der Waals surface area (Å²) < 4.78 is 1.79. The second kappa shape index (κ2) is 4.84. The highest BCUT2D eigenvalue weighted by Gasteiger charge is 2.21. The second-order valence-electron chi connectivity index (χ2n) is 3.85. The van der Waals surface area contributed by atoms with Gasteiger partial charge in [-0.1, -0.05) is 5.92 Å². The minimum atomic E-state index is -0.220. The molecule has 0 bridgehead atoms. The molecule has 1 atom stereocenters. The molecule has 1 N–H and O–H groups in total. The first kappa shape index (κ1) is 12.3. The third-order valence-electron chi connectivity index (χ3n) is 2.76. The van der Waals surface area contributed by atoms with Crippen LogP contribution < -0.4 is 5.32 Å². The van der Waals surface area contributed by atoms with Crippen molar-refractivity contribution in [2.75, 3.05) is 6.54 Å². The predicted molar refractivity (Wildman–Crippen MR) is 62.9 cm³/mol. The Balaban J connectivity index is 2.92. The zero-order valence-corrected chi connectivity index (χ0v) is 10.2. The Hall–Kier alpha value is -1.76. The molecule has 1 amide bonds. The highest BCUT2D eigenvalue weighted by Crippen LogP contribution is 2.22. The summed E-state index contributed by atoms with van der Waals surface area (Å²) in [5.74, 6) is 2.11. The van der Waals surface area contributed by atoms with Crippen LogP contribution in [0, 0.1) is 26.2 Å². The number of aryl methyl sites for hydroxylation is 2. The van der Waals surface area contributed by atoms with E-state index in [0.717, 1.165) is 17.0 Å². The monoisotopic (exact) mass is 219 g/mol. The molecular weight excluding hydrogens is 202 g/mol. The van der Waals surface area contributed by atoms with Gasteiger partial charge in [0.1, 0.15) is 0 Å². The van der Waals surface area contributed by atoms with Gasteiger partial charge in [0.2, 0.25) is 5.91 Å². The molecule has 4 nitrogen and oxygen atoms in total. The number of hydrogen-bond acceptors (Lipinski definition) is 2. The van der Waals surface area contributed by atoms with Crippen LogP contribution in [0.3, 0.4) is 0 Å². The van der Waals surface area contributed by atoms with Crippen LogP contribution in [0.4, 0.5) is 0 Å². The van der Waals surface area contributed by atoms with E-state index in [0.29, 0.717) is 0 Å². The lowest BCUT2D eigenvalue weighted by molar-refractivity contribution is -0.121. The topological polar surface area (TPSA) is 46.9 Å². The van der Waals surface area contributed by atoms with E-state index in [1.807, 2.05) is 27.8 Å². The molecule has 0 fully saturated rings. The minimum Gasteiger partial charge on any atom is -0.345 e. The fourth-order valence-electron chi connectivity index (χ4n) is 1.84. The first-order valence-corrected chi connectivity index (χ1v) is 5.20. The van der Waals surface area contributed by atoms with Gasteiger partial charge in [0.25, 0.3) is 0 Å². The third-order valence-corrected chi connectivity index (χ3v) is 2.76. The number of hydrogen-bond donors (Lipinski definition) is 1. The highest BCUT2D eigenvalue weighted by molar-refractivity contribution is 5.83. The van der Waals surface area contributed by atoms with Crippen LogP contribution in [-0.4, -0.2) is 22.2 Å². The molecule has 1 heterocycles. The van der Waals surface area contributed by atoms with Crippen LogP contribution in [-0.2, 0) is 11.8 Å². The van der Waals surface area contributed by atoms with Gasteiger partial charge in [0.15, 0.2) is 0 Å². The number of rotatable bonds is 3. The maximum Gasteiger partial charge on any atom is 0.228 e. The largest absolute Gasteiger partial charge is 0.345 e. The third kappa shape index (κ3) is 2.25. The van der Waals surface area contributed by atoms with Crippen LogP contribution in [0.5, 0.6) is 0 Å². The SMILES string of the molecule is C#CCNC(=O)[C@H](C)c1c(C)nn(C)c1C. The lowest BCUT2D eigenvalue weighted by Gasteiger charge is -2.11. The quantitative estimate of drug-likeness (QED) is 0.767. The molecule has 1 aromatic heterocycles. The number of nitrogens with zero attached hydrogens (tertiary/aromatic N) is 2. The standard InChI is InChI=1S/C12H17N3O/c1-6-7-13-12(16)8(2)11-9(3)14-15(5)10(11)4/h1,8H,7H2,2-5H3,(H,13,16)/t8-/m1/s1. The van der Waals surface area contributed by atoms with Crippen LogP contribution >= 0.6 is 0 Å². The summed E-state index contributed by atoms with van der Waals surface area (Å²) >= 11 is 0. The maximum absolute atomic E-state index is 11.8. The van der Waals surface area contributed by atoms with Gasteiger partial charge in [-0.25, -0.2) is 0 Å². The van der Waals surface area contributed by atoms with E-state index < -0.39 is 0 Å². The summed E-state index contributed by atoms with van der Waals surface area (Å²) in [4.78, 5) is 11.8. The van der Waals surface area contributed by atoms with Gasteiger partial charge in [-0.3, -0.25) is 9.48 Å². The Bertz CT molecular complexity index is 440. The van der Waals surface area contributed by atoms with Gasteiger partial charge in [-0.15, -0.1) is 6.42 Å². The van der Waals surface area contributed by atoms with Crippen molar-refractivity contribution in [1.82, 2.24) is 15.1 Å². The van der Waals surface area contributed by atoms with E-state index in [-0.39, 0.29) is 18.4 Å².